The van der Waals surface area contributed by atoms with Gasteiger partial charge in [-0.1, -0.05) is 48.0 Å². The van der Waals surface area contributed by atoms with Crippen molar-refractivity contribution in [2.75, 3.05) is 0 Å². The summed E-state index contributed by atoms with van der Waals surface area (Å²) in [4.78, 5) is 0. The third-order valence-corrected chi connectivity index (χ3v) is 2.62. The van der Waals surface area contributed by atoms with Crippen molar-refractivity contribution in [1.29, 1.82) is 0 Å². The van der Waals surface area contributed by atoms with Crippen molar-refractivity contribution in [2.24, 2.45) is 0 Å². The molecule has 0 bridgehead atoms. The van der Waals surface area contributed by atoms with Gasteiger partial charge in [0.05, 0.1) is 0 Å². The second-order valence-electron chi connectivity index (χ2n) is 3.15. The minimum absolute atomic E-state index is 1.15. The monoisotopic (exact) mass is 238 g/mol. The first kappa shape index (κ1) is 10.5. The van der Waals surface area contributed by atoms with Crippen molar-refractivity contribution >= 4 is 22.0 Å². The van der Waals surface area contributed by atoms with Crippen LogP contribution in [0.2, 0.25) is 0 Å². The Balaban J connectivity index is 2.87. The third kappa shape index (κ3) is 3.00. The summed E-state index contributed by atoms with van der Waals surface area (Å²) in [7, 11) is 0. The molecule has 13 heavy (non-hydrogen) atoms. The number of hydrogen-bond acceptors (Lipinski definition) is 0. The van der Waals surface area contributed by atoms with Gasteiger partial charge in [-0.25, -0.2) is 0 Å². The summed E-state index contributed by atoms with van der Waals surface area (Å²) in [5.41, 5.74) is 2.66. The van der Waals surface area contributed by atoms with Gasteiger partial charge in [-0.3, -0.25) is 0 Å². The van der Waals surface area contributed by atoms with Crippen molar-refractivity contribution in [3.8, 4) is 0 Å². The number of aryl methyl sites for hydroxylation is 1. The molecule has 0 aliphatic carbocycles. The van der Waals surface area contributed by atoms with E-state index in [1.54, 1.807) is 0 Å². The molecule has 0 aliphatic heterocycles. The molecular formula is C12H15Br. The first-order chi connectivity index (χ1) is 6.27. The van der Waals surface area contributed by atoms with Gasteiger partial charge < -0.3 is 0 Å². The van der Waals surface area contributed by atoms with Crippen LogP contribution in [0.15, 0.2) is 29.3 Å². The average molecular weight is 239 g/mol. The zero-order chi connectivity index (χ0) is 9.68. The Kier molecular flexibility index (Phi) is 4.23. The first-order valence-corrected chi connectivity index (χ1v) is 5.48. The van der Waals surface area contributed by atoms with E-state index in [0.29, 0.717) is 0 Å². The number of hydrogen-bond donors (Lipinski definition) is 0. The fraction of sp³-hybridized carbons (Fsp3) is 0.333. The highest BCUT2D eigenvalue weighted by Crippen LogP contribution is 2.19. The highest BCUT2D eigenvalue weighted by molar-refractivity contribution is 9.10. The zero-order valence-corrected chi connectivity index (χ0v) is 9.60. The highest BCUT2D eigenvalue weighted by Gasteiger charge is 1.99. The van der Waals surface area contributed by atoms with Crippen LogP contribution >= 0.6 is 15.9 Å². The maximum atomic E-state index is 3.81. The van der Waals surface area contributed by atoms with Crippen LogP contribution in [0.4, 0.5) is 0 Å². The molecule has 0 atom stereocenters. The molecule has 0 saturated heterocycles. The maximum Gasteiger partial charge on any atom is 0.0178 e. The lowest BCUT2D eigenvalue weighted by molar-refractivity contribution is 0.794. The van der Waals surface area contributed by atoms with Crippen molar-refractivity contribution in [3.05, 3.63) is 40.4 Å². The van der Waals surface area contributed by atoms with Crippen molar-refractivity contribution < 1.29 is 0 Å². The number of benzene rings is 1. The largest absolute Gasteiger partial charge is 0.0985 e. The molecule has 0 aliphatic rings. The topological polar surface area (TPSA) is 0 Å². The lowest BCUT2D eigenvalue weighted by Gasteiger charge is -2.05. The van der Waals surface area contributed by atoms with Crippen molar-refractivity contribution in [3.63, 3.8) is 0 Å². The van der Waals surface area contributed by atoms with E-state index >= 15 is 0 Å². The summed E-state index contributed by atoms with van der Waals surface area (Å²) >= 11 is 3.48. The van der Waals surface area contributed by atoms with Crippen LogP contribution in [0.3, 0.4) is 0 Å². The quantitative estimate of drug-likeness (QED) is 0.728. The number of halogens is 1. The van der Waals surface area contributed by atoms with E-state index < -0.39 is 0 Å². The zero-order valence-electron chi connectivity index (χ0n) is 8.02. The molecule has 0 aromatic heterocycles. The Bertz CT molecular complexity index is 289. The van der Waals surface area contributed by atoms with Gasteiger partial charge in [0, 0.05) is 4.47 Å². The molecule has 0 fully saturated rings. The predicted octanol–water partition coefficient (Wildman–Crippen LogP) is 4.43. The minimum atomic E-state index is 1.15. The van der Waals surface area contributed by atoms with Crippen molar-refractivity contribution in [1.82, 2.24) is 0 Å². The van der Waals surface area contributed by atoms with Gasteiger partial charge >= 0.3 is 0 Å². The van der Waals surface area contributed by atoms with Crippen LogP contribution in [0.5, 0.6) is 0 Å². The highest BCUT2D eigenvalue weighted by atomic mass is 79.9. The summed E-state index contributed by atoms with van der Waals surface area (Å²) in [5.74, 6) is 0. The van der Waals surface area contributed by atoms with Gasteiger partial charge in [0.2, 0.25) is 0 Å². The van der Waals surface area contributed by atoms with Crippen LogP contribution in [0.1, 0.15) is 30.9 Å². The predicted molar refractivity (Wildman–Crippen MR) is 62.8 cm³/mol. The smallest absolute Gasteiger partial charge is 0.0178 e. The van der Waals surface area contributed by atoms with E-state index in [2.05, 4.69) is 47.6 Å². The molecule has 1 rings (SSSR count). The van der Waals surface area contributed by atoms with Crippen LogP contribution in [0.25, 0.3) is 6.08 Å². The van der Waals surface area contributed by atoms with Crippen LogP contribution in [-0.4, -0.2) is 0 Å². The van der Waals surface area contributed by atoms with Gasteiger partial charge in [0.25, 0.3) is 0 Å². The Morgan fingerprint density at radius 2 is 2.23 bits per heavy atom. The molecule has 1 aromatic carbocycles. The summed E-state index contributed by atoms with van der Waals surface area (Å²) < 4.78 is 1.16. The molecule has 0 saturated carbocycles. The normalized spacial score (nSPS) is 10.0. The van der Waals surface area contributed by atoms with Crippen LogP contribution in [-0.2, 0) is 6.42 Å². The fourth-order valence-electron chi connectivity index (χ4n) is 1.36. The number of rotatable bonds is 4. The van der Waals surface area contributed by atoms with E-state index in [-0.39, 0.29) is 0 Å². The van der Waals surface area contributed by atoms with E-state index in [0.717, 1.165) is 10.9 Å². The standard InChI is InChI=1S/C12H15Br/c1-3-5-6-11-9-12(13)8-7-10(11)4-2/h4,7-9H,2-3,5-6H2,1H3. The molecule has 0 amide bonds. The molecule has 0 unspecified atom stereocenters. The lowest BCUT2D eigenvalue weighted by Crippen LogP contribution is -1.89. The SMILES string of the molecule is C=Cc1ccc(Br)cc1CCCC. The van der Waals surface area contributed by atoms with Crippen LogP contribution in [0, 0.1) is 0 Å². The van der Waals surface area contributed by atoms with E-state index in [1.165, 1.54) is 24.0 Å². The molecule has 0 heterocycles. The fourth-order valence-corrected chi connectivity index (χ4v) is 1.77. The van der Waals surface area contributed by atoms with E-state index in [4.69, 9.17) is 0 Å². The van der Waals surface area contributed by atoms with Crippen LogP contribution < -0.4 is 0 Å². The molecule has 1 aromatic rings. The Hall–Kier alpha value is -0.560. The van der Waals surface area contributed by atoms with Gasteiger partial charge in [-0.2, -0.15) is 0 Å². The molecule has 0 radical (unpaired) electrons. The molecule has 1 heteroatoms. The van der Waals surface area contributed by atoms with E-state index in [1.807, 2.05) is 6.08 Å². The second-order valence-corrected chi connectivity index (χ2v) is 4.07. The maximum absolute atomic E-state index is 3.81. The Morgan fingerprint density at radius 3 is 2.85 bits per heavy atom. The molecule has 0 N–H and O–H groups in total. The molecule has 0 spiro atoms. The van der Waals surface area contributed by atoms with Gasteiger partial charge in [-0.05, 0) is 36.1 Å². The Morgan fingerprint density at radius 1 is 1.46 bits per heavy atom. The minimum Gasteiger partial charge on any atom is -0.0985 e. The summed E-state index contributed by atoms with van der Waals surface area (Å²) in [6.45, 7) is 6.03. The Labute approximate surface area is 88.8 Å². The lowest BCUT2D eigenvalue weighted by atomic mass is 10.0. The number of unbranched alkanes of at least 4 members (excludes halogenated alkanes) is 1. The molecule has 70 valence electrons. The summed E-state index contributed by atoms with van der Waals surface area (Å²) in [6.07, 6.45) is 5.56. The van der Waals surface area contributed by atoms with E-state index in [9.17, 15) is 0 Å². The first-order valence-electron chi connectivity index (χ1n) is 4.68. The molecular weight excluding hydrogens is 224 g/mol. The third-order valence-electron chi connectivity index (χ3n) is 2.12. The van der Waals surface area contributed by atoms with Crippen molar-refractivity contribution in [2.45, 2.75) is 26.2 Å². The van der Waals surface area contributed by atoms with Gasteiger partial charge in [0.15, 0.2) is 0 Å². The molecule has 0 nitrogen and oxygen atoms in total. The second kappa shape index (κ2) is 5.23. The summed E-state index contributed by atoms with van der Waals surface area (Å²) in [6, 6.07) is 6.36. The summed E-state index contributed by atoms with van der Waals surface area (Å²) in [5, 5.41) is 0. The van der Waals surface area contributed by atoms with Gasteiger partial charge in [-0.15, -0.1) is 0 Å². The average Bonchev–Trinajstić information content (AvgIpc) is 2.15. The van der Waals surface area contributed by atoms with Gasteiger partial charge in [0.1, 0.15) is 0 Å².